The van der Waals surface area contributed by atoms with Gasteiger partial charge < -0.3 is 5.32 Å². The Balaban J connectivity index is 1.94. The zero-order chi connectivity index (χ0) is 15.9. The number of benzene rings is 2. The molecule has 0 radical (unpaired) electrons. The van der Waals surface area contributed by atoms with E-state index in [0.717, 1.165) is 21.4 Å². The Labute approximate surface area is 138 Å². The lowest BCUT2D eigenvalue weighted by Crippen LogP contribution is -2.35. The Kier molecular flexibility index (Phi) is 5.72. The fraction of sp³-hybridized carbons (Fsp3) is 0.176. The van der Waals surface area contributed by atoms with Crippen LogP contribution in [0.15, 0.2) is 64.2 Å². The lowest BCUT2D eigenvalue weighted by atomic mass is 10.1. The van der Waals surface area contributed by atoms with Gasteiger partial charge in [0.1, 0.15) is 6.04 Å². The van der Waals surface area contributed by atoms with Crippen LogP contribution < -0.4 is 10.7 Å². The Hall–Kier alpha value is -2.14. The van der Waals surface area contributed by atoms with E-state index in [1.807, 2.05) is 61.5 Å². The number of nitrogens with zero attached hydrogens (tertiary/aromatic N) is 1. The first-order valence-electron chi connectivity index (χ1n) is 6.98. The smallest absolute Gasteiger partial charge is 0.262 e. The van der Waals surface area contributed by atoms with E-state index in [9.17, 15) is 4.79 Å². The van der Waals surface area contributed by atoms with Crippen LogP contribution in [0, 0.1) is 0 Å². The van der Waals surface area contributed by atoms with Crippen LogP contribution in [0.5, 0.6) is 0 Å². The van der Waals surface area contributed by atoms with E-state index < -0.39 is 0 Å². The van der Waals surface area contributed by atoms with Gasteiger partial charge in [0.2, 0.25) is 0 Å². The summed E-state index contributed by atoms with van der Waals surface area (Å²) in [6.07, 6.45) is 0. The first kappa shape index (κ1) is 16.2. The van der Waals surface area contributed by atoms with Gasteiger partial charge in [-0.15, -0.1) is 0 Å². The summed E-state index contributed by atoms with van der Waals surface area (Å²) in [6, 6.07) is 17.0. The molecule has 0 saturated carbocycles. The van der Waals surface area contributed by atoms with E-state index in [4.69, 9.17) is 0 Å². The first-order chi connectivity index (χ1) is 10.6. The SMILES string of the molecule is C/C(=N\NC(=O)C(C)Nc1cccc(Br)c1)c1ccccc1. The second kappa shape index (κ2) is 7.75. The molecule has 5 heteroatoms. The number of hydrogen-bond acceptors (Lipinski definition) is 3. The zero-order valence-corrected chi connectivity index (χ0v) is 14.1. The van der Waals surface area contributed by atoms with Gasteiger partial charge in [-0.25, -0.2) is 5.43 Å². The minimum absolute atomic E-state index is 0.185. The van der Waals surface area contributed by atoms with Gasteiger partial charge in [0.05, 0.1) is 5.71 Å². The van der Waals surface area contributed by atoms with Gasteiger partial charge in [-0.05, 0) is 37.6 Å². The van der Waals surface area contributed by atoms with Gasteiger partial charge in [0.25, 0.3) is 5.91 Å². The predicted octanol–water partition coefficient (Wildman–Crippen LogP) is 3.79. The lowest BCUT2D eigenvalue weighted by molar-refractivity contribution is -0.121. The molecule has 1 amide bonds. The molecule has 0 spiro atoms. The van der Waals surface area contributed by atoms with Gasteiger partial charge in [-0.3, -0.25) is 4.79 Å². The van der Waals surface area contributed by atoms with Crippen molar-refractivity contribution in [1.82, 2.24) is 5.43 Å². The zero-order valence-electron chi connectivity index (χ0n) is 12.5. The lowest BCUT2D eigenvalue weighted by Gasteiger charge is -2.14. The second-order valence-corrected chi connectivity index (χ2v) is 5.83. The van der Waals surface area contributed by atoms with Gasteiger partial charge in [-0.1, -0.05) is 52.3 Å². The summed E-state index contributed by atoms with van der Waals surface area (Å²) in [5.74, 6) is -0.185. The van der Waals surface area contributed by atoms with Crippen LogP contribution in [-0.2, 0) is 4.79 Å². The number of carbonyl (C=O) groups is 1. The van der Waals surface area contributed by atoms with Crippen LogP contribution in [-0.4, -0.2) is 17.7 Å². The van der Waals surface area contributed by atoms with Gasteiger partial charge in [0.15, 0.2) is 0 Å². The highest BCUT2D eigenvalue weighted by molar-refractivity contribution is 9.10. The fourth-order valence-corrected chi connectivity index (χ4v) is 2.27. The minimum atomic E-state index is -0.387. The molecule has 114 valence electrons. The highest BCUT2D eigenvalue weighted by atomic mass is 79.9. The average molecular weight is 360 g/mol. The molecule has 0 aliphatic heterocycles. The maximum Gasteiger partial charge on any atom is 0.262 e. The Morgan fingerprint density at radius 1 is 1.14 bits per heavy atom. The van der Waals surface area contributed by atoms with Crippen molar-refractivity contribution in [2.45, 2.75) is 19.9 Å². The van der Waals surface area contributed by atoms with Gasteiger partial charge in [-0.2, -0.15) is 5.10 Å². The molecule has 0 saturated heterocycles. The summed E-state index contributed by atoms with van der Waals surface area (Å²) < 4.78 is 0.961. The summed E-state index contributed by atoms with van der Waals surface area (Å²) in [5.41, 5.74) is 5.22. The maximum atomic E-state index is 12.1. The highest BCUT2D eigenvalue weighted by Crippen LogP contribution is 2.16. The first-order valence-corrected chi connectivity index (χ1v) is 7.77. The summed E-state index contributed by atoms with van der Waals surface area (Å²) in [7, 11) is 0. The summed E-state index contributed by atoms with van der Waals surface area (Å²) in [6.45, 7) is 3.66. The topological polar surface area (TPSA) is 53.5 Å². The maximum absolute atomic E-state index is 12.1. The fourth-order valence-electron chi connectivity index (χ4n) is 1.87. The summed E-state index contributed by atoms with van der Waals surface area (Å²) in [4.78, 5) is 12.1. The van der Waals surface area contributed by atoms with Crippen LogP contribution in [0.3, 0.4) is 0 Å². The molecule has 0 fully saturated rings. The Morgan fingerprint density at radius 2 is 1.86 bits per heavy atom. The van der Waals surface area contributed by atoms with Crippen LogP contribution in [0.2, 0.25) is 0 Å². The van der Waals surface area contributed by atoms with Crippen molar-refractivity contribution in [3.63, 3.8) is 0 Å². The van der Waals surface area contributed by atoms with Gasteiger partial charge in [0, 0.05) is 10.2 Å². The molecule has 22 heavy (non-hydrogen) atoms. The van der Waals surface area contributed by atoms with E-state index in [-0.39, 0.29) is 11.9 Å². The van der Waals surface area contributed by atoms with Crippen molar-refractivity contribution in [3.05, 3.63) is 64.6 Å². The molecule has 0 bridgehead atoms. The molecular formula is C17H18BrN3O. The van der Waals surface area contributed by atoms with E-state index in [0.29, 0.717) is 0 Å². The predicted molar refractivity (Wildman–Crippen MR) is 94.0 cm³/mol. The van der Waals surface area contributed by atoms with Gasteiger partial charge >= 0.3 is 0 Å². The molecule has 1 atom stereocenters. The third-order valence-corrected chi connectivity index (χ3v) is 3.62. The molecular weight excluding hydrogens is 342 g/mol. The van der Waals surface area contributed by atoms with Crippen molar-refractivity contribution < 1.29 is 4.79 Å². The number of hydrogen-bond donors (Lipinski definition) is 2. The van der Waals surface area contributed by atoms with Crippen molar-refractivity contribution in [3.8, 4) is 0 Å². The molecule has 2 aromatic carbocycles. The van der Waals surface area contributed by atoms with Crippen LogP contribution >= 0.6 is 15.9 Å². The Morgan fingerprint density at radius 3 is 2.55 bits per heavy atom. The number of carbonyl (C=O) groups excluding carboxylic acids is 1. The minimum Gasteiger partial charge on any atom is -0.374 e. The normalized spacial score (nSPS) is 12.6. The molecule has 0 aliphatic carbocycles. The van der Waals surface area contributed by atoms with Crippen molar-refractivity contribution in [2.75, 3.05) is 5.32 Å². The molecule has 2 N–H and O–H groups in total. The molecule has 2 aromatic rings. The van der Waals surface area contributed by atoms with E-state index in [1.165, 1.54) is 0 Å². The molecule has 4 nitrogen and oxygen atoms in total. The molecule has 2 rings (SSSR count). The van der Waals surface area contributed by atoms with E-state index in [1.54, 1.807) is 6.92 Å². The van der Waals surface area contributed by atoms with Crippen LogP contribution in [0.1, 0.15) is 19.4 Å². The number of rotatable bonds is 5. The number of anilines is 1. The summed E-state index contributed by atoms with van der Waals surface area (Å²) in [5, 5.41) is 7.28. The number of nitrogens with one attached hydrogen (secondary N) is 2. The molecule has 0 aliphatic rings. The third kappa shape index (κ3) is 4.70. The van der Waals surface area contributed by atoms with Crippen molar-refractivity contribution in [1.29, 1.82) is 0 Å². The van der Waals surface area contributed by atoms with Crippen molar-refractivity contribution in [2.24, 2.45) is 5.10 Å². The highest BCUT2D eigenvalue weighted by Gasteiger charge is 2.12. The number of hydrazone groups is 1. The number of halogens is 1. The standard InChI is InChI=1S/C17H18BrN3O/c1-12(14-7-4-3-5-8-14)20-21-17(22)13(2)19-16-10-6-9-15(18)11-16/h3-11,13,19H,1-2H3,(H,21,22)/b20-12+. The van der Waals surface area contributed by atoms with Crippen molar-refractivity contribution >= 4 is 33.2 Å². The van der Waals surface area contributed by atoms with Crippen LogP contribution in [0.25, 0.3) is 0 Å². The molecule has 0 heterocycles. The third-order valence-electron chi connectivity index (χ3n) is 3.13. The van der Waals surface area contributed by atoms with Crippen LogP contribution in [0.4, 0.5) is 5.69 Å². The average Bonchev–Trinajstić information content (AvgIpc) is 2.53. The monoisotopic (exact) mass is 359 g/mol. The quantitative estimate of drug-likeness (QED) is 0.630. The van der Waals surface area contributed by atoms with E-state index in [2.05, 4.69) is 31.8 Å². The number of amides is 1. The Bertz CT molecular complexity index is 671. The van der Waals surface area contributed by atoms with E-state index >= 15 is 0 Å². The summed E-state index contributed by atoms with van der Waals surface area (Å²) >= 11 is 3.40. The molecule has 0 aromatic heterocycles. The largest absolute Gasteiger partial charge is 0.374 e. The second-order valence-electron chi connectivity index (χ2n) is 4.92. The molecule has 1 unspecified atom stereocenters.